The molecular formula is C27H34LiNO5S. The maximum atomic E-state index is 13.1. The van der Waals surface area contributed by atoms with E-state index >= 15 is 0 Å². The summed E-state index contributed by atoms with van der Waals surface area (Å²) in [5.41, 5.74) is 3.00. The van der Waals surface area contributed by atoms with Crippen molar-refractivity contribution in [1.82, 2.24) is 5.32 Å². The fourth-order valence-corrected chi connectivity index (χ4v) is 4.71. The Morgan fingerprint density at radius 2 is 1.83 bits per heavy atom. The number of thioether (sulfide) groups is 1. The molecule has 1 N–H and O–H groups in total. The van der Waals surface area contributed by atoms with E-state index in [9.17, 15) is 14.7 Å². The van der Waals surface area contributed by atoms with E-state index in [-0.39, 0.29) is 18.9 Å². The van der Waals surface area contributed by atoms with Crippen LogP contribution in [0.3, 0.4) is 0 Å². The van der Waals surface area contributed by atoms with E-state index in [4.69, 9.17) is 9.47 Å². The SMILES string of the molecule is CSCC[C@H](NC(=O)c1ccc(OCCOC2CCCCC2)cc1-c1ccccc1C)C(=O)[O-].[Li+]. The molecule has 0 bridgehead atoms. The van der Waals surface area contributed by atoms with E-state index in [1.165, 1.54) is 31.0 Å². The first-order chi connectivity index (χ1) is 16.5. The topological polar surface area (TPSA) is 87.7 Å². The van der Waals surface area contributed by atoms with E-state index in [0.717, 1.165) is 24.0 Å². The molecule has 184 valence electrons. The molecule has 0 radical (unpaired) electrons. The minimum atomic E-state index is -1.28. The number of rotatable bonds is 12. The number of aliphatic carboxylic acids is 1. The van der Waals surface area contributed by atoms with Crippen molar-refractivity contribution in [3.05, 3.63) is 53.6 Å². The average Bonchev–Trinajstić information content (AvgIpc) is 2.85. The van der Waals surface area contributed by atoms with Gasteiger partial charge in [0.05, 0.1) is 24.7 Å². The molecule has 1 aliphatic carbocycles. The summed E-state index contributed by atoms with van der Waals surface area (Å²) in [5, 5.41) is 14.2. The molecular weight excluding hydrogens is 457 g/mol. The van der Waals surface area contributed by atoms with Crippen molar-refractivity contribution in [3.63, 3.8) is 0 Å². The molecule has 0 aliphatic heterocycles. The number of hydrogen-bond donors (Lipinski definition) is 1. The third kappa shape index (κ3) is 8.91. The first kappa shape index (κ1) is 29.3. The molecule has 1 atom stereocenters. The molecule has 1 fully saturated rings. The number of hydrogen-bond acceptors (Lipinski definition) is 6. The normalized spacial score (nSPS) is 14.6. The zero-order valence-corrected chi connectivity index (χ0v) is 21.8. The number of carbonyl (C=O) groups excluding carboxylic acids is 2. The number of benzene rings is 2. The minimum absolute atomic E-state index is 0. The Morgan fingerprint density at radius 1 is 1.09 bits per heavy atom. The second-order valence-electron chi connectivity index (χ2n) is 8.63. The Labute approximate surface area is 224 Å². The second kappa shape index (κ2) is 15.3. The molecule has 1 saturated carbocycles. The van der Waals surface area contributed by atoms with Gasteiger partial charge < -0.3 is 24.7 Å². The standard InChI is InChI=1S/C27H35NO5S.Li/c1-19-8-6-7-11-22(19)24-18-21(33-16-15-32-20-9-4-3-5-10-20)12-13-23(24)26(29)28-25(27(30)31)14-17-34-2;/h6-8,11-13,18,20,25H,3-5,9-10,14-17H2,1-2H3,(H,28,29)(H,30,31);/q;+1/p-1/t25-;/m0./s1. The molecule has 1 amide bonds. The molecule has 8 heteroatoms. The van der Waals surface area contributed by atoms with E-state index in [1.54, 1.807) is 12.1 Å². The van der Waals surface area contributed by atoms with Gasteiger partial charge in [-0.25, -0.2) is 0 Å². The summed E-state index contributed by atoms with van der Waals surface area (Å²) in [5.74, 6) is -0.474. The molecule has 0 unspecified atom stereocenters. The smallest absolute Gasteiger partial charge is 0.548 e. The van der Waals surface area contributed by atoms with Crippen LogP contribution in [0.4, 0.5) is 0 Å². The summed E-state index contributed by atoms with van der Waals surface area (Å²) >= 11 is 1.52. The average molecular weight is 492 g/mol. The predicted octanol–water partition coefficient (Wildman–Crippen LogP) is 0.996. The maximum Gasteiger partial charge on any atom is 1.00 e. The summed E-state index contributed by atoms with van der Waals surface area (Å²) < 4.78 is 11.9. The number of amides is 1. The van der Waals surface area contributed by atoms with Crippen molar-refractivity contribution < 1.29 is 43.0 Å². The zero-order chi connectivity index (χ0) is 24.3. The van der Waals surface area contributed by atoms with Crippen LogP contribution in [-0.4, -0.2) is 49.2 Å². The van der Waals surface area contributed by atoms with E-state index in [1.807, 2.05) is 43.5 Å². The maximum absolute atomic E-state index is 13.1. The van der Waals surface area contributed by atoms with Crippen LogP contribution >= 0.6 is 11.8 Å². The van der Waals surface area contributed by atoms with Gasteiger partial charge in [0.15, 0.2) is 0 Å². The summed E-state index contributed by atoms with van der Waals surface area (Å²) in [6.45, 7) is 2.93. The molecule has 0 saturated heterocycles. The van der Waals surface area contributed by atoms with Gasteiger partial charge in [-0.2, -0.15) is 11.8 Å². The zero-order valence-electron chi connectivity index (χ0n) is 21.0. The van der Waals surface area contributed by atoms with Gasteiger partial charge in [0.25, 0.3) is 5.91 Å². The van der Waals surface area contributed by atoms with Crippen LogP contribution in [0, 0.1) is 6.92 Å². The molecule has 2 aromatic carbocycles. The molecule has 0 aromatic heterocycles. The molecule has 3 rings (SSSR count). The third-order valence-corrected chi connectivity index (χ3v) is 6.77. The fraction of sp³-hybridized carbons (Fsp3) is 0.481. The summed E-state index contributed by atoms with van der Waals surface area (Å²) in [6.07, 6.45) is 8.50. The van der Waals surface area contributed by atoms with Gasteiger partial charge in [-0.1, -0.05) is 43.5 Å². The van der Waals surface area contributed by atoms with Gasteiger partial charge in [-0.3, -0.25) is 4.79 Å². The van der Waals surface area contributed by atoms with Crippen LogP contribution in [0.2, 0.25) is 0 Å². The number of carboxylic acid groups (broad SMARTS) is 1. The molecule has 0 heterocycles. The molecule has 6 nitrogen and oxygen atoms in total. The van der Waals surface area contributed by atoms with E-state index in [0.29, 0.717) is 48.4 Å². The van der Waals surface area contributed by atoms with Gasteiger partial charge in [-0.15, -0.1) is 0 Å². The summed E-state index contributed by atoms with van der Waals surface area (Å²) in [6, 6.07) is 12.0. The first-order valence-electron chi connectivity index (χ1n) is 11.9. The van der Waals surface area contributed by atoms with Crippen LogP contribution < -0.4 is 34.0 Å². The quantitative estimate of drug-likeness (QED) is 0.352. The van der Waals surface area contributed by atoms with Crippen molar-refractivity contribution in [2.75, 3.05) is 25.2 Å². The van der Waals surface area contributed by atoms with Crippen LogP contribution in [0.5, 0.6) is 5.75 Å². The van der Waals surface area contributed by atoms with Crippen molar-refractivity contribution in [3.8, 4) is 16.9 Å². The first-order valence-corrected chi connectivity index (χ1v) is 13.3. The number of ether oxygens (including phenoxy) is 2. The number of carbonyl (C=O) groups is 2. The van der Waals surface area contributed by atoms with Crippen LogP contribution in [-0.2, 0) is 9.53 Å². The predicted molar refractivity (Wildman–Crippen MR) is 134 cm³/mol. The number of nitrogens with one attached hydrogen (secondary N) is 1. The van der Waals surface area contributed by atoms with Crippen molar-refractivity contribution in [1.29, 1.82) is 0 Å². The molecule has 2 aromatic rings. The van der Waals surface area contributed by atoms with Crippen molar-refractivity contribution >= 4 is 23.6 Å². The van der Waals surface area contributed by atoms with Gasteiger partial charge in [0.2, 0.25) is 0 Å². The Kier molecular flexibility index (Phi) is 12.8. The van der Waals surface area contributed by atoms with E-state index < -0.39 is 17.9 Å². The summed E-state index contributed by atoms with van der Waals surface area (Å²) in [4.78, 5) is 24.6. The van der Waals surface area contributed by atoms with Crippen LogP contribution in [0.15, 0.2) is 42.5 Å². The van der Waals surface area contributed by atoms with E-state index in [2.05, 4.69) is 5.32 Å². The Hall–Kier alpha value is -1.91. The number of carboxylic acids is 1. The Balaban J connectivity index is 0.00000432. The van der Waals surface area contributed by atoms with Gasteiger partial charge in [0, 0.05) is 5.56 Å². The van der Waals surface area contributed by atoms with Crippen molar-refractivity contribution in [2.24, 2.45) is 0 Å². The molecule has 0 spiro atoms. The minimum Gasteiger partial charge on any atom is -0.548 e. The van der Waals surface area contributed by atoms with Crippen LogP contribution in [0.1, 0.15) is 54.4 Å². The molecule has 35 heavy (non-hydrogen) atoms. The fourth-order valence-electron chi connectivity index (χ4n) is 4.24. The van der Waals surface area contributed by atoms with Crippen LogP contribution in [0.25, 0.3) is 11.1 Å². The van der Waals surface area contributed by atoms with Gasteiger partial charge in [0.1, 0.15) is 12.4 Å². The van der Waals surface area contributed by atoms with Gasteiger partial charge in [-0.05, 0) is 73.1 Å². The second-order valence-corrected chi connectivity index (χ2v) is 9.61. The monoisotopic (exact) mass is 491 g/mol. The largest absolute Gasteiger partial charge is 1.00 e. The Bertz CT molecular complexity index is 964. The number of aryl methyl sites for hydroxylation is 1. The summed E-state index contributed by atoms with van der Waals surface area (Å²) in [7, 11) is 0. The third-order valence-electron chi connectivity index (χ3n) is 6.13. The van der Waals surface area contributed by atoms with Crippen molar-refractivity contribution in [2.45, 2.75) is 57.6 Å². The molecule has 1 aliphatic rings. The Morgan fingerprint density at radius 3 is 2.51 bits per heavy atom. The van der Waals surface area contributed by atoms with Gasteiger partial charge >= 0.3 is 18.9 Å².